The molecule has 1 aliphatic rings. The maximum absolute atomic E-state index is 12.0. The van der Waals surface area contributed by atoms with Crippen molar-refractivity contribution in [3.8, 4) is 6.01 Å². The molecule has 0 spiro atoms. The van der Waals surface area contributed by atoms with Gasteiger partial charge in [0.25, 0.3) is 0 Å². The van der Waals surface area contributed by atoms with Crippen LogP contribution in [0.5, 0.6) is 6.01 Å². The molecule has 6 heteroatoms. The Balaban J connectivity index is 1.41. The van der Waals surface area contributed by atoms with Crippen LogP contribution in [-0.2, 0) is 17.6 Å². The quantitative estimate of drug-likeness (QED) is 0.568. The van der Waals surface area contributed by atoms with Gasteiger partial charge in [-0.05, 0) is 62.3 Å². The first-order chi connectivity index (χ1) is 13.2. The summed E-state index contributed by atoms with van der Waals surface area (Å²) in [6.07, 6.45) is 13.4. The smallest absolute Gasteiger partial charge is 0.316 e. The van der Waals surface area contributed by atoms with E-state index in [-0.39, 0.29) is 5.78 Å². The molecule has 142 valence electrons. The first-order valence-corrected chi connectivity index (χ1v) is 9.54. The zero-order chi connectivity index (χ0) is 18.9. The van der Waals surface area contributed by atoms with Gasteiger partial charge < -0.3 is 10.1 Å². The largest absolute Gasteiger partial charge is 0.467 e. The number of ketones is 1. The van der Waals surface area contributed by atoms with Crippen LogP contribution in [0.4, 0.5) is 5.82 Å². The van der Waals surface area contributed by atoms with Gasteiger partial charge in [0.2, 0.25) is 0 Å². The fraction of sp³-hybridized carbons (Fsp3) is 0.429. The number of carbonyl (C=O) groups is 1. The number of hydrogen-bond acceptors (Lipinski definition) is 6. The predicted octanol–water partition coefficient (Wildman–Crippen LogP) is 3.62. The zero-order valence-electron chi connectivity index (χ0n) is 15.8. The van der Waals surface area contributed by atoms with Crippen molar-refractivity contribution in [3.63, 3.8) is 0 Å². The number of fused-ring (bicyclic) bond motifs is 1. The summed E-state index contributed by atoms with van der Waals surface area (Å²) in [6, 6.07) is 4.64. The SMILES string of the molecule is COc1ncc(C=CC(=O)CCCCc2ccc3c(n2)NCCCC3)cn1. The van der Waals surface area contributed by atoms with Gasteiger partial charge in [-0.1, -0.05) is 6.07 Å². The van der Waals surface area contributed by atoms with Gasteiger partial charge in [-0.15, -0.1) is 0 Å². The van der Waals surface area contributed by atoms with Crippen molar-refractivity contribution in [2.75, 3.05) is 19.0 Å². The second kappa shape index (κ2) is 9.80. The van der Waals surface area contributed by atoms with E-state index >= 15 is 0 Å². The normalized spacial score (nSPS) is 13.7. The fourth-order valence-electron chi connectivity index (χ4n) is 3.07. The second-order valence-corrected chi connectivity index (χ2v) is 6.70. The molecular weight excluding hydrogens is 340 g/mol. The van der Waals surface area contributed by atoms with Crippen LogP contribution in [0.1, 0.15) is 48.9 Å². The van der Waals surface area contributed by atoms with Crippen LogP contribution in [0, 0.1) is 0 Å². The summed E-state index contributed by atoms with van der Waals surface area (Å²) in [7, 11) is 1.52. The number of nitrogens with zero attached hydrogens (tertiary/aromatic N) is 3. The van der Waals surface area contributed by atoms with E-state index in [1.54, 1.807) is 24.5 Å². The summed E-state index contributed by atoms with van der Waals surface area (Å²) in [6.45, 7) is 1.00. The van der Waals surface area contributed by atoms with Crippen molar-refractivity contribution in [1.29, 1.82) is 0 Å². The van der Waals surface area contributed by atoms with E-state index < -0.39 is 0 Å². The monoisotopic (exact) mass is 366 g/mol. The molecule has 2 aromatic heterocycles. The van der Waals surface area contributed by atoms with Crippen LogP contribution in [0.15, 0.2) is 30.6 Å². The predicted molar refractivity (Wildman–Crippen MR) is 106 cm³/mol. The molecule has 6 nitrogen and oxygen atoms in total. The lowest BCUT2D eigenvalue weighted by Gasteiger charge is -2.08. The lowest BCUT2D eigenvalue weighted by molar-refractivity contribution is -0.114. The van der Waals surface area contributed by atoms with Gasteiger partial charge in [0.1, 0.15) is 5.82 Å². The zero-order valence-corrected chi connectivity index (χ0v) is 15.8. The van der Waals surface area contributed by atoms with Crippen molar-refractivity contribution >= 4 is 17.7 Å². The van der Waals surface area contributed by atoms with E-state index in [1.165, 1.54) is 25.5 Å². The minimum atomic E-state index is 0.113. The van der Waals surface area contributed by atoms with E-state index in [2.05, 4.69) is 27.4 Å². The Labute approximate surface area is 160 Å². The topological polar surface area (TPSA) is 77.0 Å². The lowest BCUT2D eigenvalue weighted by atomic mass is 10.1. The van der Waals surface area contributed by atoms with E-state index in [0.717, 1.165) is 49.3 Å². The lowest BCUT2D eigenvalue weighted by Crippen LogP contribution is -2.04. The number of carbonyl (C=O) groups excluding carboxylic acids is 1. The van der Waals surface area contributed by atoms with E-state index in [9.17, 15) is 4.79 Å². The van der Waals surface area contributed by atoms with E-state index in [4.69, 9.17) is 9.72 Å². The highest BCUT2D eigenvalue weighted by molar-refractivity contribution is 5.93. The second-order valence-electron chi connectivity index (χ2n) is 6.70. The molecule has 3 rings (SSSR count). The third-order valence-corrected chi connectivity index (χ3v) is 4.60. The van der Waals surface area contributed by atoms with E-state index in [0.29, 0.717) is 12.4 Å². The summed E-state index contributed by atoms with van der Waals surface area (Å²) >= 11 is 0. The summed E-state index contributed by atoms with van der Waals surface area (Å²) in [4.78, 5) is 24.8. The van der Waals surface area contributed by atoms with Crippen molar-refractivity contribution in [2.24, 2.45) is 0 Å². The fourth-order valence-corrected chi connectivity index (χ4v) is 3.07. The van der Waals surface area contributed by atoms with Gasteiger partial charge in [-0.3, -0.25) is 4.79 Å². The summed E-state index contributed by atoms with van der Waals surface area (Å²) in [5, 5.41) is 3.42. The molecule has 0 radical (unpaired) electrons. The third-order valence-electron chi connectivity index (χ3n) is 4.60. The first kappa shape index (κ1) is 19.0. The van der Waals surface area contributed by atoms with Crippen LogP contribution < -0.4 is 10.1 Å². The van der Waals surface area contributed by atoms with Gasteiger partial charge in [-0.2, -0.15) is 0 Å². The maximum Gasteiger partial charge on any atom is 0.316 e. The van der Waals surface area contributed by atoms with Crippen LogP contribution in [0.25, 0.3) is 6.08 Å². The Bertz CT molecular complexity index is 787. The van der Waals surface area contributed by atoms with Crippen LogP contribution in [0.3, 0.4) is 0 Å². The number of methoxy groups -OCH3 is 1. The molecular formula is C21H26N4O2. The Morgan fingerprint density at radius 2 is 2.07 bits per heavy atom. The Morgan fingerprint density at radius 3 is 2.89 bits per heavy atom. The summed E-state index contributed by atoms with van der Waals surface area (Å²) < 4.78 is 4.91. The van der Waals surface area contributed by atoms with E-state index in [1.807, 2.05) is 0 Å². The molecule has 0 saturated heterocycles. The first-order valence-electron chi connectivity index (χ1n) is 9.54. The number of rotatable bonds is 8. The maximum atomic E-state index is 12.0. The summed E-state index contributed by atoms with van der Waals surface area (Å²) in [5.74, 6) is 1.16. The number of unbranched alkanes of at least 4 members (excludes halogenated alkanes) is 1. The number of aromatic nitrogens is 3. The molecule has 0 atom stereocenters. The highest BCUT2D eigenvalue weighted by Crippen LogP contribution is 2.20. The van der Waals surface area contributed by atoms with Crippen LogP contribution >= 0.6 is 0 Å². The minimum absolute atomic E-state index is 0.113. The number of hydrogen-bond donors (Lipinski definition) is 1. The number of allylic oxidation sites excluding steroid dienone is 1. The molecule has 3 heterocycles. The molecule has 0 aromatic carbocycles. The highest BCUT2D eigenvalue weighted by Gasteiger charge is 2.09. The van der Waals surface area contributed by atoms with Crippen LogP contribution in [0.2, 0.25) is 0 Å². The van der Waals surface area contributed by atoms with Gasteiger partial charge >= 0.3 is 6.01 Å². The molecule has 0 fully saturated rings. The molecule has 0 amide bonds. The number of pyridine rings is 1. The van der Waals surface area contributed by atoms with Gasteiger partial charge in [0.05, 0.1) is 7.11 Å². The Kier molecular flexibility index (Phi) is 6.90. The van der Waals surface area contributed by atoms with Gasteiger partial charge in [-0.25, -0.2) is 15.0 Å². The summed E-state index contributed by atoms with van der Waals surface area (Å²) in [5.41, 5.74) is 3.20. The highest BCUT2D eigenvalue weighted by atomic mass is 16.5. The van der Waals surface area contributed by atoms with Crippen LogP contribution in [-0.4, -0.2) is 34.4 Å². The number of anilines is 1. The average molecular weight is 366 g/mol. The van der Waals surface area contributed by atoms with Crippen molar-refractivity contribution in [2.45, 2.75) is 44.9 Å². The number of ether oxygens (including phenoxy) is 1. The van der Waals surface area contributed by atoms with Crippen molar-refractivity contribution in [1.82, 2.24) is 15.0 Å². The van der Waals surface area contributed by atoms with Gasteiger partial charge in [0.15, 0.2) is 5.78 Å². The standard InChI is InChI=1S/C21H26N4O2/c1-27-21-23-14-16(15-24-21)9-12-19(26)8-3-2-7-18-11-10-17-6-4-5-13-22-20(17)25-18/h9-12,14-15H,2-8,13H2,1H3,(H,22,25). The molecule has 1 aliphatic heterocycles. The molecule has 1 N–H and O–H groups in total. The molecule has 2 aromatic rings. The minimum Gasteiger partial charge on any atom is -0.467 e. The average Bonchev–Trinajstić information content (AvgIpc) is 2.95. The molecule has 0 bridgehead atoms. The van der Waals surface area contributed by atoms with Crippen molar-refractivity contribution in [3.05, 3.63) is 47.4 Å². The third kappa shape index (κ3) is 5.88. The number of aryl methyl sites for hydroxylation is 2. The molecule has 0 unspecified atom stereocenters. The number of nitrogens with one attached hydrogen (secondary N) is 1. The molecule has 27 heavy (non-hydrogen) atoms. The van der Waals surface area contributed by atoms with Crippen molar-refractivity contribution < 1.29 is 9.53 Å². The molecule has 0 saturated carbocycles. The molecule has 0 aliphatic carbocycles. The Morgan fingerprint density at radius 1 is 1.22 bits per heavy atom. The van der Waals surface area contributed by atoms with Gasteiger partial charge in [0, 0.05) is 36.6 Å². The Hall–Kier alpha value is -2.76.